The van der Waals surface area contributed by atoms with Gasteiger partial charge in [0, 0.05) is 23.3 Å². The molecular formula is C16H14ClN3O5. The van der Waals surface area contributed by atoms with Crippen LogP contribution in [0.5, 0.6) is 11.5 Å². The largest absolute Gasteiger partial charge is 0.497 e. The number of nitrogens with zero attached hydrogens (tertiary/aromatic N) is 2. The second kappa shape index (κ2) is 8.11. The van der Waals surface area contributed by atoms with E-state index in [-0.39, 0.29) is 16.3 Å². The molecule has 0 aliphatic rings. The van der Waals surface area contributed by atoms with E-state index >= 15 is 0 Å². The number of halogens is 1. The number of hydrazone groups is 1. The number of amides is 1. The van der Waals surface area contributed by atoms with Crippen LogP contribution in [0.1, 0.15) is 15.9 Å². The molecule has 0 aromatic heterocycles. The summed E-state index contributed by atoms with van der Waals surface area (Å²) >= 11 is 5.71. The van der Waals surface area contributed by atoms with Crippen molar-refractivity contribution in [2.75, 3.05) is 14.2 Å². The number of hydrogen-bond donors (Lipinski definition) is 1. The molecule has 0 saturated heterocycles. The fourth-order valence-electron chi connectivity index (χ4n) is 1.94. The number of rotatable bonds is 6. The first-order valence-corrected chi connectivity index (χ1v) is 7.33. The summed E-state index contributed by atoms with van der Waals surface area (Å²) in [5.74, 6) is 0.523. The first kappa shape index (κ1) is 18.2. The molecule has 1 amide bonds. The summed E-state index contributed by atoms with van der Waals surface area (Å²) in [6.45, 7) is 0. The molecule has 1 N–H and O–H groups in total. The fourth-order valence-corrected chi connectivity index (χ4v) is 2.13. The number of nitro groups is 1. The van der Waals surface area contributed by atoms with E-state index < -0.39 is 10.8 Å². The van der Waals surface area contributed by atoms with Gasteiger partial charge in [-0.15, -0.1) is 0 Å². The number of ether oxygens (including phenoxy) is 2. The number of carbonyl (C=O) groups is 1. The standard InChI is InChI=1S/C16H14ClN3O5/c1-24-12-5-3-11(15(8-12)25-2)9-18-19-16(21)10-4-6-13(17)14(7-10)20(22)23/h3-9H,1-2H3,(H,19,21)/b18-9-. The second-order valence-electron chi connectivity index (χ2n) is 4.73. The van der Waals surface area contributed by atoms with Crippen molar-refractivity contribution in [2.24, 2.45) is 5.10 Å². The van der Waals surface area contributed by atoms with E-state index in [0.717, 1.165) is 6.07 Å². The zero-order valence-corrected chi connectivity index (χ0v) is 14.1. The summed E-state index contributed by atoms with van der Waals surface area (Å²) in [5.41, 5.74) is 2.62. The smallest absolute Gasteiger partial charge is 0.288 e. The maximum atomic E-state index is 12.0. The van der Waals surface area contributed by atoms with E-state index in [1.54, 1.807) is 18.2 Å². The Morgan fingerprint density at radius 3 is 2.64 bits per heavy atom. The van der Waals surface area contributed by atoms with Crippen molar-refractivity contribution >= 4 is 29.4 Å². The van der Waals surface area contributed by atoms with E-state index in [0.29, 0.717) is 17.1 Å². The first-order valence-electron chi connectivity index (χ1n) is 6.95. The van der Waals surface area contributed by atoms with Crippen LogP contribution in [-0.4, -0.2) is 31.3 Å². The Labute approximate surface area is 148 Å². The summed E-state index contributed by atoms with van der Waals surface area (Å²) in [5, 5.41) is 14.6. The molecule has 2 aromatic carbocycles. The molecule has 2 aromatic rings. The van der Waals surface area contributed by atoms with Crippen LogP contribution in [0.3, 0.4) is 0 Å². The number of hydrogen-bond acceptors (Lipinski definition) is 6. The number of nitrogens with one attached hydrogen (secondary N) is 1. The molecule has 0 aliphatic carbocycles. The molecule has 0 bridgehead atoms. The zero-order valence-electron chi connectivity index (χ0n) is 13.4. The highest BCUT2D eigenvalue weighted by atomic mass is 35.5. The number of methoxy groups -OCH3 is 2. The summed E-state index contributed by atoms with van der Waals surface area (Å²) < 4.78 is 10.3. The maximum Gasteiger partial charge on any atom is 0.288 e. The molecule has 0 saturated carbocycles. The van der Waals surface area contributed by atoms with E-state index in [1.807, 2.05) is 0 Å². The maximum absolute atomic E-state index is 12.0. The average Bonchev–Trinajstić information content (AvgIpc) is 2.61. The zero-order chi connectivity index (χ0) is 18.4. The van der Waals surface area contributed by atoms with Gasteiger partial charge in [0.15, 0.2) is 0 Å². The van der Waals surface area contributed by atoms with Gasteiger partial charge in [-0.25, -0.2) is 5.43 Å². The van der Waals surface area contributed by atoms with Crippen LogP contribution in [0.2, 0.25) is 5.02 Å². The van der Waals surface area contributed by atoms with E-state index in [1.165, 1.54) is 32.6 Å². The molecule has 25 heavy (non-hydrogen) atoms. The predicted molar refractivity (Wildman–Crippen MR) is 92.7 cm³/mol. The van der Waals surface area contributed by atoms with Gasteiger partial charge in [0.2, 0.25) is 0 Å². The van der Waals surface area contributed by atoms with Crippen molar-refractivity contribution in [3.8, 4) is 11.5 Å². The van der Waals surface area contributed by atoms with Gasteiger partial charge in [-0.2, -0.15) is 5.10 Å². The average molecular weight is 364 g/mol. The van der Waals surface area contributed by atoms with Crippen molar-refractivity contribution in [1.29, 1.82) is 0 Å². The second-order valence-corrected chi connectivity index (χ2v) is 5.14. The molecule has 0 heterocycles. The SMILES string of the molecule is COc1ccc(/C=N\NC(=O)c2ccc(Cl)c([N+](=O)[O-])c2)c(OC)c1. The molecule has 9 heteroatoms. The van der Waals surface area contributed by atoms with Gasteiger partial charge in [0.05, 0.1) is 25.4 Å². The van der Waals surface area contributed by atoms with Crippen LogP contribution in [0.15, 0.2) is 41.5 Å². The lowest BCUT2D eigenvalue weighted by Gasteiger charge is -2.07. The lowest BCUT2D eigenvalue weighted by molar-refractivity contribution is -0.384. The van der Waals surface area contributed by atoms with Crippen LogP contribution >= 0.6 is 11.6 Å². The Morgan fingerprint density at radius 2 is 2.00 bits per heavy atom. The Kier molecular flexibility index (Phi) is 5.91. The molecule has 0 unspecified atom stereocenters. The minimum Gasteiger partial charge on any atom is -0.497 e. The summed E-state index contributed by atoms with van der Waals surface area (Å²) in [7, 11) is 3.03. The highest BCUT2D eigenvalue weighted by Gasteiger charge is 2.16. The fraction of sp³-hybridized carbons (Fsp3) is 0.125. The van der Waals surface area contributed by atoms with Gasteiger partial charge < -0.3 is 9.47 Å². The Morgan fingerprint density at radius 1 is 1.24 bits per heavy atom. The molecule has 8 nitrogen and oxygen atoms in total. The third-order valence-electron chi connectivity index (χ3n) is 3.22. The van der Waals surface area contributed by atoms with Crippen molar-refractivity contribution < 1.29 is 19.2 Å². The highest BCUT2D eigenvalue weighted by Crippen LogP contribution is 2.25. The minimum absolute atomic E-state index is 0.0481. The van der Waals surface area contributed by atoms with Crippen molar-refractivity contribution in [3.05, 3.63) is 62.7 Å². The normalized spacial score (nSPS) is 10.5. The Hall–Kier alpha value is -3.13. The van der Waals surface area contributed by atoms with Crippen LogP contribution in [0.25, 0.3) is 0 Å². The number of benzene rings is 2. The predicted octanol–water partition coefficient (Wildman–Crippen LogP) is 3.03. The van der Waals surface area contributed by atoms with Gasteiger partial charge >= 0.3 is 0 Å². The van der Waals surface area contributed by atoms with Gasteiger partial charge in [-0.05, 0) is 24.3 Å². The quantitative estimate of drug-likeness (QED) is 0.482. The lowest BCUT2D eigenvalue weighted by Crippen LogP contribution is -2.17. The molecule has 130 valence electrons. The molecular weight excluding hydrogens is 350 g/mol. The summed E-state index contributed by atoms with van der Waals surface area (Å²) in [6, 6.07) is 8.83. The number of nitro benzene ring substituents is 1. The van der Waals surface area contributed by atoms with Crippen molar-refractivity contribution in [3.63, 3.8) is 0 Å². The van der Waals surface area contributed by atoms with E-state index in [9.17, 15) is 14.9 Å². The topological polar surface area (TPSA) is 103 Å². The van der Waals surface area contributed by atoms with E-state index in [2.05, 4.69) is 10.5 Å². The van der Waals surface area contributed by atoms with Crippen LogP contribution in [0, 0.1) is 10.1 Å². The third kappa shape index (κ3) is 4.45. The molecule has 0 aliphatic heterocycles. The van der Waals surface area contributed by atoms with E-state index in [4.69, 9.17) is 21.1 Å². The molecule has 0 atom stereocenters. The molecule has 0 radical (unpaired) electrons. The monoisotopic (exact) mass is 363 g/mol. The summed E-state index contributed by atoms with van der Waals surface area (Å²) in [4.78, 5) is 22.2. The summed E-state index contributed by atoms with van der Waals surface area (Å²) in [6.07, 6.45) is 1.39. The first-order chi connectivity index (χ1) is 12.0. The van der Waals surface area contributed by atoms with Crippen molar-refractivity contribution in [1.82, 2.24) is 5.43 Å². The van der Waals surface area contributed by atoms with Crippen LogP contribution in [0.4, 0.5) is 5.69 Å². The molecule has 2 rings (SSSR count). The Bertz CT molecular complexity index is 839. The van der Waals surface area contributed by atoms with Gasteiger partial charge in [-0.1, -0.05) is 11.6 Å². The van der Waals surface area contributed by atoms with Crippen LogP contribution in [-0.2, 0) is 0 Å². The van der Waals surface area contributed by atoms with Gasteiger partial charge in [-0.3, -0.25) is 14.9 Å². The lowest BCUT2D eigenvalue weighted by atomic mass is 10.2. The molecule has 0 spiro atoms. The minimum atomic E-state index is -0.662. The van der Waals surface area contributed by atoms with Crippen LogP contribution < -0.4 is 14.9 Å². The van der Waals surface area contributed by atoms with Gasteiger partial charge in [0.25, 0.3) is 11.6 Å². The van der Waals surface area contributed by atoms with Gasteiger partial charge in [0.1, 0.15) is 16.5 Å². The van der Waals surface area contributed by atoms with Crippen molar-refractivity contribution in [2.45, 2.75) is 0 Å². The Balaban J connectivity index is 2.13. The molecule has 0 fully saturated rings. The number of carbonyl (C=O) groups excluding carboxylic acids is 1. The highest BCUT2D eigenvalue weighted by molar-refractivity contribution is 6.32. The third-order valence-corrected chi connectivity index (χ3v) is 3.54.